The lowest BCUT2D eigenvalue weighted by Gasteiger charge is -2.04. The van der Waals surface area contributed by atoms with Crippen LogP contribution in [-0.4, -0.2) is 11.4 Å². The summed E-state index contributed by atoms with van der Waals surface area (Å²) in [4.78, 5) is 10.8. The lowest BCUT2D eigenvalue weighted by molar-refractivity contribution is -0.117. The number of hydrogen-bond donors (Lipinski definition) is 1. The molecule has 25 heavy (non-hydrogen) atoms. The first-order chi connectivity index (χ1) is 11.5. The maximum absolute atomic E-state index is 10.8. The predicted octanol–water partition coefficient (Wildman–Crippen LogP) is 3.91. The fourth-order valence-electron chi connectivity index (χ4n) is 2.83. The van der Waals surface area contributed by atoms with E-state index < -0.39 is 0 Å². The zero-order valence-corrected chi connectivity index (χ0v) is 15.2. The van der Waals surface area contributed by atoms with Crippen molar-refractivity contribution in [3.63, 3.8) is 0 Å². The third kappa shape index (κ3) is 5.44. The minimum Gasteiger partial charge on any atom is -0.412 e. The Labute approximate surface area is 149 Å². The van der Waals surface area contributed by atoms with Gasteiger partial charge in [0.15, 0.2) is 0 Å². The van der Waals surface area contributed by atoms with Gasteiger partial charge in [0.25, 0.3) is 0 Å². The molecule has 0 saturated carbocycles. The molecule has 3 heteroatoms. The topological polar surface area (TPSA) is 74.6 Å². The van der Waals surface area contributed by atoms with Gasteiger partial charge in [-0.15, -0.1) is 0 Å². The van der Waals surface area contributed by atoms with Gasteiger partial charge in [-0.3, -0.25) is 4.79 Å². The molecule has 0 heterocycles. The molecule has 0 aliphatic carbocycles. The molecule has 0 spiro atoms. The Bertz CT molecular complexity index is 835. The summed E-state index contributed by atoms with van der Waals surface area (Å²) in [5, 5.41) is 2.25. The number of carbonyl (C=O) groups excluding carboxylic acids is 1. The Morgan fingerprint density at radius 1 is 0.880 bits per heavy atom. The van der Waals surface area contributed by atoms with Crippen molar-refractivity contribution in [1.82, 2.24) is 0 Å². The standard InChI is InChI=1S/C12H11NO.C10H14.H2O/c13-12(14)8-10-6-3-5-9-4-1-2-7-11(9)10;1-4-10-7-5-6-8(2)9(10)3;/h1-7H,8H2,(H2,13,14);5-7H,4H2,1-3H3;1H2. The average Bonchev–Trinajstić information content (AvgIpc) is 2.58. The van der Waals surface area contributed by atoms with E-state index >= 15 is 0 Å². The van der Waals surface area contributed by atoms with Crippen LogP contribution in [0.5, 0.6) is 0 Å². The van der Waals surface area contributed by atoms with Crippen LogP contribution in [0.4, 0.5) is 0 Å². The van der Waals surface area contributed by atoms with Gasteiger partial charge in [0.1, 0.15) is 0 Å². The maximum Gasteiger partial charge on any atom is 0.221 e. The van der Waals surface area contributed by atoms with Crippen LogP contribution in [0, 0.1) is 13.8 Å². The summed E-state index contributed by atoms with van der Waals surface area (Å²) in [6.45, 7) is 6.55. The van der Waals surface area contributed by atoms with Crippen LogP contribution in [0.15, 0.2) is 60.7 Å². The molecule has 132 valence electrons. The lowest BCUT2D eigenvalue weighted by Crippen LogP contribution is -2.13. The zero-order chi connectivity index (χ0) is 17.5. The van der Waals surface area contributed by atoms with Crippen molar-refractivity contribution in [2.45, 2.75) is 33.6 Å². The summed E-state index contributed by atoms with van der Waals surface area (Å²) in [7, 11) is 0. The summed E-state index contributed by atoms with van der Waals surface area (Å²) < 4.78 is 0. The Morgan fingerprint density at radius 3 is 2.12 bits per heavy atom. The number of amides is 1. The molecule has 3 rings (SSSR count). The molecule has 0 radical (unpaired) electrons. The molecule has 0 aromatic heterocycles. The number of fused-ring (bicyclic) bond motifs is 1. The number of nitrogens with two attached hydrogens (primary N) is 1. The Morgan fingerprint density at radius 2 is 1.48 bits per heavy atom. The second kappa shape index (κ2) is 9.60. The van der Waals surface area contributed by atoms with Gasteiger partial charge in [0.2, 0.25) is 5.91 Å². The Hall–Kier alpha value is -2.65. The average molecular weight is 337 g/mol. The number of carbonyl (C=O) groups is 1. The number of hydrogen-bond acceptors (Lipinski definition) is 1. The van der Waals surface area contributed by atoms with Crippen LogP contribution >= 0.6 is 0 Å². The van der Waals surface area contributed by atoms with Crippen LogP contribution in [-0.2, 0) is 17.6 Å². The molecule has 0 aliphatic rings. The highest BCUT2D eigenvalue weighted by Gasteiger charge is 2.02. The van der Waals surface area contributed by atoms with Crippen molar-refractivity contribution in [3.8, 4) is 0 Å². The first-order valence-corrected chi connectivity index (χ1v) is 8.33. The molecule has 0 unspecified atom stereocenters. The maximum atomic E-state index is 10.8. The molecule has 4 N–H and O–H groups in total. The van der Waals surface area contributed by atoms with Gasteiger partial charge in [-0.2, -0.15) is 0 Å². The number of rotatable bonds is 3. The molecule has 1 amide bonds. The van der Waals surface area contributed by atoms with E-state index in [0.717, 1.165) is 22.8 Å². The summed E-state index contributed by atoms with van der Waals surface area (Å²) in [6.07, 6.45) is 1.45. The van der Waals surface area contributed by atoms with Crippen LogP contribution in [0.2, 0.25) is 0 Å². The molecule has 3 nitrogen and oxygen atoms in total. The first kappa shape index (κ1) is 20.4. The monoisotopic (exact) mass is 337 g/mol. The molecule has 0 atom stereocenters. The van der Waals surface area contributed by atoms with Gasteiger partial charge < -0.3 is 11.2 Å². The van der Waals surface area contributed by atoms with Crippen molar-refractivity contribution in [1.29, 1.82) is 0 Å². The number of benzene rings is 3. The van der Waals surface area contributed by atoms with Crippen molar-refractivity contribution in [3.05, 3.63) is 82.9 Å². The zero-order valence-electron chi connectivity index (χ0n) is 15.2. The fourth-order valence-corrected chi connectivity index (χ4v) is 2.83. The van der Waals surface area contributed by atoms with Crippen molar-refractivity contribution in [2.75, 3.05) is 0 Å². The summed E-state index contributed by atoms with van der Waals surface area (Å²) in [5.74, 6) is -0.290. The normalized spacial score (nSPS) is 9.72. The highest BCUT2D eigenvalue weighted by molar-refractivity contribution is 5.89. The van der Waals surface area contributed by atoms with Crippen LogP contribution < -0.4 is 5.73 Å². The Kier molecular flexibility index (Phi) is 7.83. The van der Waals surface area contributed by atoms with E-state index in [0.29, 0.717) is 6.42 Å². The van der Waals surface area contributed by atoms with E-state index in [2.05, 4.69) is 39.0 Å². The van der Waals surface area contributed by atoms with Gasteiger partial charge in [-0.1, -0.05) is 67.6 Å². The SMILES string of the molecule is CCc1cccc(C)c1C.NC(=O)Cc1cccc2ccccc12.O. The first-order valence-electron chi connectivity index (χ1n) is 8.33. The highest BCUT2D eigenvalue weighted by Crippen LogP contribution is 2.18. The van der Waals surface area contributed by atoms with Crippen molar-refractivity contribution < 1.29 is 10.3 Å². The molecule has 3 aromatic rings. The molecule has 0 fully saturated rings. The molecule has 0 aliphatic heterocycles. The number of primary amides is 1. The molecule has 0 saturated heterocycles. The van der Waals surface area contributed by atoms with Crippen LogP contribution in [0.25, 0.3) is 10.8 Å². The van der Waals surface area contributed by atoms with E-state index in [1.807, 2.05) is 42.5 Å². The van der Waals surface area contributed by atoms with E-state index in [9.17, 15) is 4.79 Å². The second-order valence-electron chi connectivity index (χ2n) is 5.99. The Balaban J connectivity index is 0.000000254. The smallest absolute Gasteiger partial charge is 0.221 e. The van der Waals surface area contributed by atoms with E-state index in [1.165, 1.54) is 16.7 Å². The van der Waals surface area contributed by atoms with Gasteiger partial charge in [0, 0.05) is 0 Å². The fraction of sp³-hybridized carbons (Fsp3) is 0.227. The van der Waals surface area contributed by atoms with Gasteiger partial charge >= 0.3 is 0 Å². The molecular formula is C22H27NO2. The van der Waals surface area contributed by atoms with Crippen molar-refractivity contribution in [2.24, 2.45) is 5.73 Å². The molecule has 0 bridgehead atoms. The largest absolute Gasteiger partial charge is 0.412 e. The van der Waals surface area contributed by atoms with Crippen LogP contribution in [0.3, 0.4) is 0 Å². The van der Waals surface area contributed by atoms with E-state index in [-0.39, 0.29) is 11.4 Å². The quantitative estimate of drug-likeness (QED) is 0.773. The lowest BCUT2D eigenvalue weighted by atomic mass is 10.0. The predicted molar refractivity (Wildman–Crippen MR) is 106 cm³/mol. The van der Waals surface area contributed by atoms with Gasteiger partial charge in [0.05, 0.1) is 6.42 Å². The van der Waals surface area contributed by atoms with Gasteiger partial charge in [-0.05, 0) is 53.3 Å². The third-order valence-corrected chi connectivity index (χ3v) is 4.34. The summed E-state index contributed by atoms with van der Waals surface area (Å²) in [6, 6.07) is 20.4. The van der Waals surface area contributed by atoms with Gasteiger partial charge in [-0.25, -0.2) is 0 Å². The second-order valence-corrected chi connectivity index (χ2v) is 5.99. The highest BCUT2D eigenvalue weighted by atomic mass is 16.1. The summed E-state index contributed by atoms with van der Waals surface area (Å²) in [5.41, 5.74) is 10.5. The third-order valence-electron chi connectivity index (χ3n) is 4.34. The van der Waals surface area contributed by atoms with E-state index in [1.54, 1.807) is 0 Å². The number of aryl methyl sites for hydroxylation is 2. The van der Waals surface area contributed by atoms with Crippen molar-refractivity contribution >= 4 is 16.7 Å². The van der Waals surface area contributed by atoms with Crippen LogP contribution in [0.1, 0.15) is 29.2 Å². The minimum absolute atomic E-state index is 0. The van der Waals surface area contributed by atoms with E-state index in [4.69, 9.17) is 5.73 Å². The summed E-state index contributed by atoms with van der Waals surface area (Å²) >= 11 is 0. The minimum atomic E-state index is -0.290. The molecular weight excluding hydrogens is 310 g/mol. The molecule has 3 aromatic carbocycles.